The molecule has 0 unspecified atom stereocenters. The van der Waals surface area contributed by atoms with E-state index in [0.29, 0.717) is 11.6 Å². The van der Waals surface area contributed by atoms with E-state index in [9.17, 15) is 8.42 Å². The van der Waals surface area contributed by atoms with Gasteiger partial charge in [0, 0.05) is 18.1 Å². The van der Waals surface area contributed by atoms with Gasteiger partial charge in [0.05, 0.1) is 4.90 Å². The van der Waals surface area contributed by atoms with Crippen molar-refractivity contribution in [3.8, 4) is 0 Å². The summed E-state index contributed by atoms with van der Waals surface area (Å²) in [7, 11) is -1.76. The Kier molecular flexibility index (Phi) is 5.36. The zero-order valence-electron chi connectivity index (χ0n) is 11.6. The summed E-state index contributed by atoms with van der Waals surface area (Å²) < 4.78 is 27.1. The first kappa shape index (κ1) is 16.0. The minimum absolute atomic E-state index is 0.170. The van der Waals surface area contributed by atoms with Crippen LogP contribution in [0.15, 0.2) is 53.4 Å². The van der Waals surface area contributed by atoms with Crippen LogP contribution in [0.2, 0.25) is 5.02 Å². The maximum Gasteiger partial charge on any atom is 0.240 e. The number of nitrogens with one attached hydrogen (secondary N) is 2. The van der Waals surface area contributed by atoms with Crippen LogP contribution in [0.25, 0.3) is 0 Å². The largest absolute Gasteiger partial charge is 0.316 e. The van der Waals surface area contributed by atoms with Gasteiger partial charge in [-0.25, -0.2) is 13.1 Å². The lowest BCUT2D eigenvalue weighted by Gasteiger charge is -2.09. The number of halogens is 1. The van der Waals surface area contributed by atoms with Gasteiger partial charge in [-0.05, 0) is 30.3 Å². The van der Waals surface area contributed by atoms with E-state index in [2.05, 4.69) is 10.0 Å². The average Bonchev–Trinajstić information content (AvgIpc) is 2.48. The molecule has 0 aliphatic carbocycles. The summed E-state index contributed by atoms with van der Waals surface area (Å²) in [5, 5.41) is 3.42. The van der Waals surface area contributed by atoms with Crippen molar-refractivity contribution in [3.05, 3.63) is 64.7 Å². The molecular formula is C15H17ClN2O2S. The second kappa shape index (κ2) is 7.04. The lowest BCUT2D eigenvalue weighted by molar-refractivity contribution is 0.581. The van der Waals surface area contributed by atoms with Crippen molar-refractivity contribution in [1.29, 1.82) is 0 Å². The van der Waals surface area contributed by atoms with Crippen molar-refractivity contribution in [1.82, 2.24) is 10.0 Å². The van der Waals surface area contributed by atoms with E-state index in [-0.39, 0.29) is 11.4 Å². The molecule has 0 fully saturated rings. The molecule has 0 aliphatic rings. The van der Waals surface area contributed by atoms with E-state index in [1.807, 2.05) is 37.4 Å². The van der Waals surface area contributed by atoms with Crippen molar-refractivity contribution < 1.29 is 8.42 Å². The van der Waals surface area contributed by atoms with Gasteiger partial charge in [-0.3, -0.25) is 0 Å². The molecule has 0 saturated heterocycles. The Balaban J connectivity index is 2.14. The predicted molar refractivity (Wildman–Crippen MR) is 84.7 cm³/mol. The zero-order valence-corrected chi connectivity index (χ0v) is 13.2. The van der Waals surface area contributed by atoms with Crippen molar-refractivity contribution in [2.75, 3.05) is 7.05 Å². The summed E-state index contributed by atoms with van der Waals surface area (Å²) in [5.41, 5.74) is 1.76. The van der Waals surface area contributed by atoms with Gasteiger partial charge < -0.3 is 5.32 Å². The molecule has 4 nitrogen and oxygen atoms in total. The smallest absolute Gasteiger partial charge is 0.240 e. The number of rotatable bonds is 6. The summed E-state index contributed by atoms with van der Waals surface area (Å²) in [4.78, 5) is 0.170. The van der Waals surface area contributed by atoms with Gasteiger partial charge in [0.25, 0.3) is 0 Å². The van der Waals surface area contributed by atoms with Gasteiger partial charge in [-0.2, -0.15) is 0 Å². The van der Waals surface area contributed by atoms with Crippen molar-refractivity contribution >= 4 is 21.6 Å². The maximum atomic E-state index is 12.2. The highest BCUT2D eigenvalue weighted by Gasteiger charge is 2.15. The molecule has 0 spiro atoms. The molecule has 0 amide bonds. The van der Waals surface area contributed by atoms with Crippen LogP contribution in [-0.2, 0) is 23.1 Å². The first-order valence-corrected chi connectivity index (χ1v) is 8.35. The second-order valence-electron chi connectivity index (χ2n) is 4.59. The highest BCUT2D eigenvalue weighted by molar-refractivity contribution is 7.89. The van der Waals surface area contributed by atoms with E-state index in [0.717, 1.165) is 11.1 Å². The summed E-state index contributed by atoms with van der Waals surface area (Å²) in [5.74, 6) is 0. The van der Waals surface area contributed by atoms with Gasteiger partial charge in [0.1, 0.15) is 0 Å². The Bertz CT molecular complexity index is 703. The van der Waals surface area contributed by atoms with E-state index < -0.39 is 10.0 Å². The highest BCUT2D eigenvalue weighted by atomic mass is 35.5. The number of hydrogen-bond acceptors (Lipinski definition) is 3. The van der Waals surface area contributed by atoms with Crippen LogP contribution >= 0.6 is 11.6 Å². The van der Waals surface area contributed by atoms with Gasteiger partial charge in [0.15, 0.2) is 0 Å². The molecule has 0 aromatic heterocycles. The molecule has 2 N–H and O–H groups in total. The zero-order chi connectivity index (χ0) is 15.3. The Hall–Kier alpha value is -1.40. The second-order valence-corrected chi connectivity index (χ2v) is 6.77. The molecule has 0 bridgehead atoms. The van der Waals surface area contributed by atoms with Crippen molar-refractivity contribution in [2.24, 2.45) is 0 Å². The molecule has 2 aromatic carbocycles. The molecule has 2 aromatic rings. The minimum atomic E-state index is -3.57. The first-order valence-electron chi connectivity index (χ1n) is 6.49. The maximum absolute atomic E-state index is 12.2. The normalized spacial score (nSPS) is 11.5. The third kappa shape index (κ3) is 4.28. The lowest BCUT2D eigenvalue weighted by Crippen LogP contribution is -2.23. The molecule has 0 atom stereocenters. The van der Waals surface area contributed by atoms with Gasteiger partial charge in [-0.15, -0.1) is 0 Å². The van der Waals surface area contributed by atoms with Crippen LogP contribution in [0.3, 0.4) is 0 Å². The van der Waals surface area contributed by atoms with E-state index in [1.54, 1.807) is 12.1 Å². The summed E-state index contributed by atoms with van der Waals surface area (Å²) >= 11 is 6.10. The van der Waals surface area contributed by atoms with Crippen LogP contribution < -0.4 is 10.0 Å². The Labute approximate surface area is 130 Å². The number of benzene rings is 2. The van der Waals surface area contributed by atoms with Gasteiger partial charge in [0.2, 0.25) is 10.0 Å². The fourth-order valence-electron chi connectivity index (χ4n) is 1.89. The fourth-order valence-corrected chi connectivity index (χ4v) is 3.24. The Morgan fingerprint density at radius 1 is 1.05 bits per heavy atom. The van der Waals surface area contributed by atoms with E-state index >= 15 is 0 Å². The monoisotopic (exact) mass is 324 g/mol. The summed E-state index contributed by atoms with van der Waals surface area (Å²) in [6.45, 7) is 0.843. The van der Waals surface area contributed by atoms with E-state index in [4.69, 9.17) is 11.6 Å². The molecule has 0 radical (unpaired) electrons. The number of sulfonamides is 1. The number of hydrogen-bond donors (Lipinski definition) is 2. The van der Waals surface area contributed by atoms with Crippen molar-refractivity contribution in [3.63, 3.8) is 0 Å². The minimum Gasteiger partial charge on any atom is -0.316 e. The Morgan fingerprint density at radius 3 is 2.38 bits per heavy atom. The van der Waals surface area contributed by atoms with Crippen LogP contribution in [0.4, 0.5) is 0 Å². The lowest BCUT2D eigenvalue weighted by atomic mass is 10.2. The predicted octanol–water partition coefficient (Wildman–Crippen LogP) is 2.54. The molecular weight excluding hydrogens is 308 g/mol. The molecule has 6 heteroatoms. The standard InChI is InChI=1S/C15H17ClN2O2S/c1-17-11-13-7-8-14(9-15(13)16)21(19,20)18-10-12-5-3-2-4-6-12/h2-9,17-18H,10-11H2,1H3. The average molecular weight is 325 g/mol. The third-order valence-electron chi connectivity index (χ3n) is 3.01. The van der Waals surface area contributed by atoms with Gasteiger partial charge >= 0.3 is 0 Å². The molecule has 0 aliphatic heterocycles. The van der Waals surface area contributed by atoms with Crippen LogP contribution in [0, 0.1) is 0 Å². The molecule has 2 rings (SSSR count). The summed E-state index contributed by atoms with van der Waals surface area (Å²) in [6, 6.07) is 14.1. The fraction of sp³-hybridized carbons (Fsp3) is 0.200. The molecule has 0 saturated carbocycles. The topological polar surface area (TPSA) is 58.2 Å². The Morgan fingerprint density at radius 2 is 1.76 bits per heavy atom. The quantitative estimate of drug-likeness (QED) is 0.858. The molecule has 112 valence electrons. The van der Waals surface area contributed by atoms with Crippen LogP contribution in [0.1, 0.15) is 11.1 Å². The summed E-state index contributed by atoms with van der Waals surface area (Å²) in [6.07, 6.45) is 0. The van der Waals surface area contributed by atoms with Crippen molar-refractivity contribution in [2.45, 2.75) is 18.0 Å². The SMILES string of the molecule is CNCc1ccc(S(=O)(=O)NCc2ccccc2)cc1Cl. The molecule has 21 heavy (non-hydrogen) atoms. The van der Waals surface area contributed by atoms with Gasteiger partial charge in [-0.1, -0.05) is 48.0 Å². The van der Waals surface area contributed by atoms with Crippen LogP contribution in [0.5, 0.6) is 0 Å². The third-order valence-corrected chi connectivity index (χ3v) is 4.76. The van der Waals surface area contributed by atoms with Crippen LogP contribution in [-0.4, -0.2) is 15.5 Å². The molecule has 0 heterocycles. The first-order chi connectivity index (χ1) is 10.0. The highest BCUT2D eigenvalue weighted by Crippen LogP contribution is 2.21. The van der Waals surface area contributed by atoms with E-state index in [1.165, 1.54) is 6.07 Å².